The molecule has 0 bridgehead atoms. The fourth-order valence-electron chi connectivity index (χ4n) is 1.68. The Labute approximate surface area is 115 Å². The first-order chi connectivity index (χ1) is 8.66. The summed E-state index contributed by atoms with van der Waals surface area (Å²) in [6, 6.07) is 9.74. The fraction of sp³-hybridized carbons (Fsp3) is 0.214. The van der Waals surface area contributed by atoms with Crippen LogP contribution in [0.4, 0.5) is 0 Å². The summed E-state index contributed by atoms with van der Waals surface area (Å²) in [6.07, 6.45) is 3.64. The van der Waals surface area contributed by atoms with Gasteiger partial charge in [0.15, 0.2) is 0 Å². The lowest BCUT2D eigenvalue weighted by molar-refractivity contribution is 0.471. The van der Waals surface area contributed by atoms with Gasteiger partial charge in [0.1, 0.15) is 5.75 Å². The fourth-order valence-corrected chi connectivity index (χ4v) is 2.11. The average Bonchev–Trinajstić information content (AvgIpc) is 2.41. The van der Waals surface area contributed by atoms with Gasteiger partial charge in [-0.25, -0.2) is 0 Å². The summed E-state index contributed by atoms with van der Waals surface area (Å²) < 4.78 is 0.718. The molecule has 0 spiro atoms. The Hall–Kier alpha value is -1.39. The van der Waals surface area contributed by atoms with Gasteiger partial charge in [-0.3, -0.25) is 4.98 Å². The summed E-state index contributed by atoms with van der Waals surface area (Å²) in [5, 5.41) is 12.8. The van der Waals surface area contributed by atoms with Gasteiger partial charge in [0.2, 0.25) is 0 Å². The number of pyridine rings is 1. The van der Waals surface area contributed by atoms with Crippen molar-refractivity contribution in [1.82, 2.24) is 10.3 Å². The molecule has 0 saturated carbocycles. The molecular formula is C14H15BrN2O. The van der Waals surface area contributed by atoms with Gasteiger partial charge < -0.3 is 10.4 Å². The topological polar surface area (TPSA) is 45.1 Å². The zero-order valence-corrected chi connectivity index (χ0v) is 11.7. The number of benzene rings is 1. The van der Waals surface area contributed by atoms with Crippen molar-refractivity contribution in [1.29, 1.82) is 0 Å². The number of aromatic nitrogens is 1. The Morgan fingerprint density at radius 3 is 2.89 bits per heavy atom. The molecule has 1 aromatic carbocycles. The zero-order valence-electron chi connectivity index (χ0n) is 10.1. The highest BCUT2D eigenvalue weighted by molar-refractivity contribution is 9.10. The molecule has 0 aliphatic carbocycles. The Kier molecular flexibility index (Phi) is 4.33. The van der Waals surface area contributed by atoms with Crippen molar-refractivity contribution < 1.29 is 5.11 Å². The Morgan fingerprint density at radius 1 is 1.39 bits per heavy atom. The molecule has 4 heteroatoms. The molecule has 2 aromatic rings. The summed E-state index contributed by atoms with van der Waals surface area (Å²) in [6.45, 7) is 2.85. The van der Waals surface area contributed by atoms with Crippen molar-refractivity contribution in [2.24, 2.45) is 0 Å². The number of phenolic OH excluding ortho intramolecular Hbond substituents is 1. The number of aromatic hydroxyl groups is 1. The number of phenols is 1. The SMILES string of the molecule is C[C@@H](NCc1ccc(O)c(Br)c1)c1cccnc1. The second kappa shape index (κ2) is 5.98. The van der Waals surface area contributed by atoms with E-state index < -0.39 is 0 Å². The van der Waals surface area contributed by atoms with Crippen molar-refractivity contribution in [3.05, 3.63) is 58.3 Å². The highest BCUT2D eigenvalue weighted by Crippen LogP contribution is 2.24. The van der Waals surface area contributed by atoms with E-state index >= 15 is 0 Å². The maximum Gasteiger partial charge on any atom is 0.129 e. The number of hydrogen-bond donors (Lipinski definition) is 2. The summed E-state index contributed by atoms with van der Waals surface area (Å²) in [7, 11) is 0. The third-order valence-electron chi connectivity index (χ3n) is 2.81. The molecule has 1 aromatic heterocycles. The predicted molar refractivity (Wildman–Crippen MR) is 75.3 cm³/mol. The molecule has 3 nitrogen and oxygen atoms in total. The summed E-state index contributed by atoms with van der Waals surface area (Å²) >= 11 is 3.31. The quantitative estimate of drug-likeness (QED) is 0.910. The van der Waals surface area contributed by atoms with Crippen LogP contribution in [0.15, 0.2) is 47.2 Å². The van der Waals surface area contributed by atoms with Crippen LogP contribution in [-0.4, -0.2) is 10.1 Å². The van der Waals surface area contributed by atoms with Crippen LogP contribution in [0.5, 0.6) is 5.75 Å². The minimum atomic E-state index is 0.242. The molecule has 0 aliphatic rings. The standard InChI is InChI=1S/C14H15BrN2O/c1-10(12-3-2-6-16-9-12)17-8-11-4-5-14(18)13(15)7-11/h2-7,9-10,17-18H,8H2,1H3/t10-/m1/s1. The van der Waals surface area contributed by atoms with Crippen LogP contribution in [-0.2, 0) is 6.54 Å². The molecule has 0 radical (unpaired) electrons. The lowest BCUT2D eigenvalue weighted by Gasteiger charge is -2.14. The van der Waals surface area contributed by atoms with Crippen LogP contribution in [0.2, 0.25) is 0 Å². The van der Waals surface area contributed by atoms with E-state index in [-0.39, 0.29) is 11.8 Å². The van der Waals surface area contributed by atoms with E-state index in [1.807, 2.05) is 24.4 Å². The van der Waals surface area contributed by atoms with Crippen LogP contribution in [0.3, 0.4) is 0 Å². The van der Waals surface area contributed by atoms with Gasteiger partial charge >= 0.3 is 0 Å². The van der Waals surface area contributed by atoms with E-state index in [2.05, 4.69) is 39.2 Å². The van der Waals surface area contributed by atoms with Crippen LogP contribution >= 0.6 is 15.9 Å². The van der Waals surface area contributed by atoms with Gasteiger partial charge in [-0.15, -0.1) is 0 Å². The lowest BCUT2D eigenvalue weighted by atomic mass is 10.1. The predicted octanol–water partition coefficient (Wildman–Crippen LogP) is 3.40. The van der Waals surface area contributed by atoms with Gasteiger partial charge in [0, 0.05) is 25.0 Å². The van der Waals surface area contributed by atoms with Crippen LogP contribution in [0.25, 0.3) is 0 Å². The molecule has 2 N–H and O–H groups in total. The van der Waals surface area contributed by atoms with Gasteiger partial charge in [0.05, 0.1) is 4.47 Å². The number of nitrogens with one attached hydrogen (secondary N) is 1. The van der Waals surface area contributed by atoms with E-state index in [9.17, 15) is 5.11 Å². The largest absolute Gasteiger partial charge is 0.507 e. The van der Waals surface area contributed by atoms with E-state index in [1.54, 1.807) is 12.3 Å². The van der Waals surface area contributed by atoms with E-state index in [4.69, 9.17) is 0 Å². The van der Waals surface area contributed by atoms with Gasteiger partial charge in [-0.05, 0) is 52.2 Å². The van der Waals surface area contributed by atoms with E-state index in [1.165, 1.54) is 0 Å². The minimum absolute atomic E-state index is 0.242. The van der Waals surface area contributed by atoms with E-state index in [0.717, 1.165) is 22.1 Å². The van der Waals surface area contributed by atoms with Gasteiger partial charge in [-0.1, -0.05) is 12.1 Å². The van der Waals surface area contributed by atoms with Crippen molar-refractivity contribution in [3.63, 3.8) is 0 Å². The maximum atomic E-state index is 9.42. The Balaban J connectivity index is 1.97. The maximum absolute atomic E-state index is 9.42. The highest BCUT2D eigenvalue weighted by atomic mass is 79.9. The molecular weight excluding hydrogens is 292 g/mol. The Bertz CT molecular complexity index is 516. The normalized spacial score (nSPS) is 12.3. The molecule has 0 unspecified atom stereocenters. The van der Waals surface area contributed by atoms with Gasteiger partial charge in [0.25, 0.3) is 0 Å². The van der Waals surface area contributed by atoms with Gasteiger partial charge in [-0.2, -0.15) is 0 Å². The summed E-state index contributed by atoms with van der Waals surface area (Å²) in [5.74, 6) is 0.263. The molecule has 0 fully saturated rings. The number of hydrogen-bond acceptors (Lipinski definition) is 3. The molecule has 0 amide bonds. The van der Waals surface area contributed by atoms with Crippen molar-refractivity contribution >= 4 is 15.9 Å². The van der Waals surface area contributed by atoms with Crippen LogP contribution in [0, 0.1) is 0 Å². The van der Waals surface area contributed by atoms with Crippen molar-refractivity contribution in [2.75, 3.05) is 0 Å². The summed E-state index contributed by atoms with van der Waals surface area (Å²) in [5.41, 5.74) is 2.28. The highest BCUT2D eigenvalue weighted by Gasteiger charge is 2.05. The molecule has 0 aliphatic heterocycles. The number of rotatable bonds is 4. The summed E-state index contributed by atoms with van der Waals surface area (Å²) in [4.78, 5) is 4.11. The van der Waals surface area contributed by atoms with Crippen LogP contribution < -0.4 is 5.32 Å². The second-order valence-corrected chi connectivity index (χ2v) is 5.03. The third kappa shape index (κ3) is 3.31. The second-order valence-electron chi connectivity index (χ2n) is 4.17. The number of halogens is 1. The first-order valence-electron chi connectivity index (χ1n) is 5.77. The number of nitrogens with zero attached hydrogens (tertiary/aromatic N) is 1. The van der Waals surface area contributed by atoms with Crippen LogP contribution in [0.1, 0.15) is 24.1 Å². The van der Waals surface area contributed by atoms with Crippen molar-refractivity contribution in [3.8, 4) is 5.75 Å². The molecule has 94 valence electrons. The molecule has 0 saturated heterocycles. The Morgan fingerprint density at radius 2 is 2.22 bits per heavy atom. The minimum Gasteiger partial charge on any atom is -0.507 e. The third-order valence-corrected chi connectivity index (χ3v) is 3.44. The average molecular weight is 307 g/mol. The molecule has 1 heterocycles. The van der Waals surface area contributed by atoms with E-state index in [0.29, 0.717) is 0 Å². The first kappa shape index (κ1) is 13.1. The molecule has 1 atom stereocenters. The smallest absolute Gasteiger partial charge is 0.129 e. The molecule has 2 rings (SSSR count). The zero-order chi connectivity index (χ0) is 13.0. The monoisotopic (exact) mass is 306 g/mol. The first-order valence-corrected chi connectivity index (χ1v) is 6.57. The lowest BCUT2D eigenvalue weighted by Crippen LogP contribution is -2.18. The molecule has 18 heavy (non-hydrogen) atoms. The van der Waals surface area contributed by atoms with Crippen molar-refractivity contribution in [2.45, 2.75) is 19.5 Å².